The molecule has 1 aromatic carbocycles. The highest BCUT2D eigenvalue weighted by Crippen LogP contribution is 2.38. The van der Waals surface area contributed by atoms with E-state index in [0.717, 1.165) is 37.7 Å². The first kappa shape index (κ1) is 16.3. The van der Waals surface area contributed by atoms with Crippen molar-refractivity contribution in [3.63, 3.8) is 0 Å². The summed E-state index contributed by atoms with van der Waals surface area (Å²) in [4.78, 5) is 0. The van der Waals surface area contributed by atoms with Gasteiger partial charge in [0.1, 0.15) is 0 Å². The van der Waals surface area contributed by atoms with Crippen molar-refractivity contribution in [2.24, 2.45) is 17.6 Å². The standard InChI is InChI=1S/C17H24F3N/c1-2-3-4-11-5-7-12(8-6-11)17(21)13-9-10-14(18)16(20)15(13)19/h9-12,17H,2-8,21H2,1H3. The highest BCUT2D eigenvalue weighted by molar-refractivity contribution is 5.24. The van der Waals surface area contributed by atoms with Crippen LogP contribution >= 0.6 is 0 Å². The van der Waals surface area contributed by atoms with Gasteiger partial charge >= 0.3 is 0 Å². The van der Waals surface area contributed by atoms with Crippen LogP contribution in [0.15, 0.2) is 12.1 Å². The molecule has 1 aliphatic carbocycles. The van der Waals surface area contributed by atoms with Crippen LogP contribution in [0.4, 0.5) is 13.2 Å². The van der Waals surface area contributed by atoms with Crippen LogP contribution in [0.1, 0.15) is 63.5 Å². The number of hydrogen-bond donors (Lipinski definition) is 1. The zero-order valence-electron chi connectivity index (χ0n) is 12.5. The number of benzene rings is 1. The Morgan fingerprint density at radius 2 is 1.76 bits per heavy atom. The van der Waals surface area contributed by atoms with Gasteiger partial charge in [-0.15, -0.1) is 0 Å². The lowest BCUT2D eigenvalue weighted by Crippen LogP contribution is -2.27. The monoisotopic (exact) mass is 299 g/mol. The van der Waals surface area contributed by atoms with Gasteiger partial charge in [-0.1, -0.05) is 45.1 Å². The van der Waals surface area contributed by atoms with Crippen LogP contribution < -0.4 is 5.73 Å². The molecular weight excluding hydrogens is 275 g/mol. The summed E-state index contributed by atoms with van der Waals surface area (Å²) in [5.74, 6) is -2.81. The maximum atomic E-state index is 13.8. The van der Waals surface area contributed by atoms with Crippen LogP contribution in [-0.4, -0.2) is 0 Å². The summed E-state index contributed by atoms with van der Waals surface area (Å²) in [5.41, 5.74) is 6.21. The van der Waals surface area contributed by atoms with Crippen LogP contribution in [0.3, 0.4) is 0 Å². The molecule has 0 bridgehead atoms. The van der Waals surface area contributed by atoms with Crippen molar-refractivity contribution in [3.8, 4) is 0 Å². The molecule has 1 fully saturated rings. The first-order chi connectivity index (χ1) is 10.0. The molecule has 2 rings (SSSR count). The van der Waals surface area contributed by atoms with E-state index in [1.54, 1.807) is 0 Å². The largest absolute Gasteiger partial charge is 0.324 e. The van der Waals surface area contributed by atoms with Crippen molar-refractivity contribution >= 4 is 0 Å². The Labute approximate surface area is 124 Å². The number of halogens is 3. The Morgan fingerprint density at radius 1 is 1.10 bits per heavy atom. The Balaban J connectivity index is 1.99. The van der Waals surface area contributed by atoms with Crippen molar-refractivity contribution in [3.05, 3.63) is 35.1 Å². The average Bonchev–Trinajstić information content (AvgIpc) is 2.51. The smallest absolute Gasteiger partial charge is 0.194 e. The molecule has 0 saturated heterocycles. The van der Waals surface area contributed by atoms with Crippen LogP contribution in [0.2, 0.25) is 0 Å². The quantitative estimate of drug-likeness (QED) is 0.752. The first-order valence-electron chi connectivity index (χ1n) is 7.93. The average molecular weight is 299 g/mol. The third-order valence-electron chi connectivity index (χ3n) is 4.79. The van der Waals surface area contributed by atoms with E-state index in [9.17, 15) is 13.2 Å². The topological polar surface area (TPSA) is 26.0 Å². The number of hydrogen-bond acceptors (Lipinski definition) is 1. The van der Waals surface area contributed by atoms with Crippen LogP contribution in [0.5, 0.6) is 0 Å². The number of rotatable bonds is 5. The molecule has 0 radical (unpaired) electrons. The lowest BCUT2D eigenvalue weighted by atomic mass is 9.75. The molecule has 2 N–H and O–H groups in total. The lowest BCUT2D eigenvalue weighted by molar-refractivity contribution is 0.229. The zero-order valence-corrected chi connectivity index (χ0v) is 12.5. The Hall–Kier alpha value is -1.03. The molecule has 1 aliphatic rings. The molecule has 0 spiro atoms. The van der Waals surface area contributed by atoms with Crippen molar-refractivity contribution in [2.45, 2.75) is 57.9 Å². The van der Waals surface area contributed by atoms with Crippen molar-refractivity contribution in [1.82, 2.24) is 0 Å². The predicted molar refractivity (Wildman–Crippen MR) is 78.2 cm³/mol. The molecule has 21 heavy (non-hydrogen) atoms. The normalized spacial score (nSPS) is 24.0. The second-order valence-corrected chi connectivity index (χ2v) is 6.21. The summed E-state index contributed by atoms with van der Waals surface area (Å²) in [5, 5.41) is 0. The summed E-state index contributed by atoms with van der Waals surface area (Å²) < 4.78 is 40.1. The fraction of sp³-hybridized carbons (Fsp3) is 0.647. The first-order valence-corrected chi connectivity index (χ1v) is 7.93. The van der Waals surface area contributed by atoms with Crippen molar-refractivity contribution < 1.29 is 13.2 Å². The molecule has 118 valence electrons. The van der Waals surface area contributed by atoms with E-state index in [1.807, 2.05) is 0 Å². The third-order valence-corrected chi connectivity index (χ3v) is 4.79. The molecule has 1 atom stereocenters. The van der Waals surface area contributed by atoms with E-state index in [0.29, 0.717) is 0 Å². The summed E-state index contributed by atoms with van der Waals surface area (Å²) in [6, 6.07) is 1.69. The molecule has 0 amide bonds. The zero-order chi connectivity index (χ0) is 15.4. The maximum Gasteiger partial charge on any atom is 0.194 e. The van der Waals surface area contributed by atoms with Gasteiger partial charge in [0.2, 0.25) is 0 Å². The molecule has 0 aliphatic heterocycles. The van der Waals surface area contributed by atoms with Crippen LogP contribution in [0.25, 0.3) is 0 Å². The minimum Gasteiger partial charge on any atom is -0.324 e. The van der Waals surface area contributed by atoms with Gasteiger partial charge in [0, 0.05) is 11.6 Å². The Morgan fingerprint density at radius 3 is 2.38 bits per heavy atom. The highest BCUT2D eigenvalue weighted by Gasteiger charge is 2.29. The van der Waals surface area contributed by atoms with E-state index in [4.69, 9.17) is 5.73 Å². The molecular formula is C17H24F3N. The Kier molecular flexibility index (Phi) is 5.68. The summed E-state index contributed by atoms with van der Waals surface area (Å²) in [7, 11) is 0. The minimum atomic E-state index is -1.42. The lowest BCUT2D eigenvalue weighted by Gasteiger charge is -2.32. The van der Waals surface area contributed by atoms with E-state index in [1.165, 1.54) is 25.3 Å². The second-order valence-electron chi connectivity index (χ2n) is 6.21. The van der Waals surface area contributed by atoms with Crippen LogP contribution in [0, 0.1) is 29.3 Å². The minimum absolute atomic E-state index is 0.103. The highest BCUT2D eigenvalue weighted by atomic mass is 19.2. The molecule has 1 nitrogen and oxygen atoms in total. The molecule has 4 heteroatoms. The summed E-state index contributed by atoms with van der Waals surface area (Å²) in [6.07, 6.45) is 7.78. The van der Waals surface area contributed by atoms with Gasteiger partial charge in [-0.2, -0.15) is 0 Å². The fourth-order valence-electron chi connectivity index (χ4n) is 3.38. The van der Waals surface area contributed by atoms with E-state index in [2.05, 4.69) is 6.92 Å². The SMILES string of the molecule is CCCCC1CCC(C(N)c2ccc(F)c(F)c2F)CC1. The van der Waals surface area contributed by atoms with E-state index in [-0.39, 0.29) is 11.5 Å². The third kappa shape index (κ3) is 3.79. The Bertz CT molecular complexity index is 467. The van der Waals surface area contributed by atoms with Crippen molar-refractivity contribution in [2.75, 3.05) is 0 Å². The van der Waals surface area contributed by atoms with Gasteiger partial charge in [0.25, 0.3) is 0 Å². The van der Waals surface area contributed by atoms with Gasteiger partial charge in [-0.25, -0.2) is 13.2 Å². The van der Waals surface area contributed by atoms with Gasteiger partial charge in [0.15, 0.2) is 17.5 Å². The number of nitrogens with two attached hydrogens (primary N) is 1. The van der Waals surface area contributed by atoms with E-state index >= 15 is 0 Å². The van der Waals surface area contributed by atoms with Gasteiger partial charge in [-0.3, -0.25) is 0 Å². The molecule has 0 heterocycles. The second kappa shape index (κ2) is 7.30. The molecule has 1 saturated carbocycles. The van der Waals surface area contributed by atoms with Gasteiger partial charge < -0.3 is 5.73 Å². The summed E-state index contributed by atoms with van der Waals surface area (Å²) in [6.45, 7) is 2.19. The van der Waals surface area contributed by atoms with E-state index < -0.39 is 23.5 Å². The van der Waals surface area contributed by atoms with Gasteiger partial charge in [-0.05, 0) is 30.7 Å². The van der Waals surface area contributed by atoms with Crippen LogP contribution in [-0.2, 0) is 0 Å². The maximum absolute atomic E-state index is 13.8. The van der Waals surface area contributed by atoms with Crippen molar-refractivity contribution in [1.29, 1.82) is 0 Å². The fourth-order valence-corrected chi connectivity index (χ4v) is 3.38. The molecule has 0 aromatic heterocycles. The molecule has 1 aromatic rings. The number of unbranched alkanes of at least 4 members (excludes halogenated alkanes) is 1. The summed E-state index contributed by atoms with van der Waals surface area (Å²) >= 11 is 0. The predicted octanol–water partition coefficient (Wildman–Crippen LogP) is 5.10. The molecule has 1 unspecified atom stereocenters. The van der Waals surface area contributed by atoms with Gasteiger partial charge in [0.05, 0.1) is 0 Å².